The van der Waals surface area contributed by atoms with Crippen LogP contribution in [0, 0.1) is 11.9 Å². The lowest BCUT2D eigenvalue weighted by Gasteiger charge is -2.03. The van der Waals surface area contributed by atoms with Gasteiger partial charge in [-0.25, -0.2) is 4.98 Å². The van der Waals surface area contributed by atoms with Crippen LogP contribution in [0.3, 0.4) is 0 Å². The molecule has 0 amide bonds. The van der Waals surface area contributed by atoms with Crippen LogP contribution in [0.1, 0.15) is 20.3 Å². The third kappa shape index (κ3) is 4.27. The van der Waals surface area contributed by atoms with E-state index in [1.54, 1.807) is 11.8 Å². The summed E-state index contributed by atoms with van der Waals surface area (Å²) in [5, 5.41) is 0. The van der Waals surface area contributed by atoms with Crippen LogP contribution >= 0.6 is 11.8 Å². The lowest BCUT2D eigenvalue weighted by atomic mass is 10.2. The molecular weight excluding hydrogens is 185 g/mol. The van der Waals surface area contributed by atoms with Crippen molar-refractivity contribution in [2.24, 2.45) is 5.92 Å². The minimum Gasteiger partial charge on any atom is -0.228 e. The van der Waals surface area contributed by atoms with Gasteiger partial charge in [-0.2, -0.15) is 4.39 Å². The second-order valence-electron chi connectivity index (χ2n) is 3.35. The van der Waals surface area contributed by atoms with Gasteiger partial charge in [0.15, 0.2) is 0 Å². The molecule has 0 saturated heterocycles. The molecule has 0 aliphatic rings. The fraction of sp³-hybridized carbons (Fsp3) is 0.500. The Hall–Kier alpha value is -0.570. The summed E-state index contributed by atoms with van der Waals surface area (Å²) < 4.78 is 12.6. The Morgan fingerprint density at radius 1 is 1.54 bits per heavy atom. The van der Waals surface area contributed by atoms with Gasteiger partial charge in [-0.15, -0.1) is 11.8 Å². The molecule has 1 aromatic rings. The molecule has 0 N–H and O–H groups in total. The van der Waals surface area contributed by atoms with Gasteiger partial charge in [-0.3, -0.25) is 0 Å². The fourth-order valence-electron chi connectivity index (χ4n) is 0.887. The highest BCUT2D eigenvalue weighted by Crippen LogP contribution is 2.19. The van der Waals surface area contributed by atoms with Crippen LogP contribution < -0.4 is 0 Å². The van der Waals surface area contributed by atoms with Gasteiger partial charge < -0.3 is 0 Å². The molecular formula is C10H14FNS. The van der Waals surface area contributed by atoms with E-state index in [0.717, 1.165) is 17.1 Å². The lowest BCUT2D eigenvalue weighted by molar-refractivity contribution is 0.579. The van der Waals surface area contributed by atoms with Crippen molar-refractivity contribution in [1.29, 1.82) is 0 Å². The van der Waals surface area contributed by atoms with E-state index in [0.29, 0.717) is 5.92 Å². The Bertz CT molecular complexity index is 263. The number of thioether (sulfide) groups is 1. The smallest absolute Gasteiger partial charge is 0.213 e. The third-order valence-corrected chi connectivity index (χ3v) is 2.69. The Labute approximate surface area is 82.8 Å². The molecule has 1 heterocycles. The molecule has 0 bridgehead atoms. The summed E-state index contributed by atoms with van der Waals surface area (Å²) in [5.74, 6) is 1.36. The summed E-state index contributed by atoms with van der Waals surface area (Å²) in [5.41, 5.74) is 0. The van der Waals surface area contributed by atoms with Gasteiger partial charge in [0.1, 0.15) is 0 Å². The van der Waals surface area contributed by atoms with Gasteiger partial charge in [-0.1, -0.05) is 13.8 Å². The second kappa shape index (κ2) is 5.22. The molecule has 1 nitrogen and oxygen atoms in total. The number of nitrogens with zero attached hydrogens (tertiary/aromatic N) is 1. The number of hydrogen-bond acceptors (Lipinski definition) is 2. The monoisotopic (exact) mass is 199 g/mol. The standard InChI is InChI=1S/C10H14FNS/c1-8(2)4-6-13-9-3-5-12-10(11)7-9/h3,5,7-8H,4,6H2,1-2H3. The van der Waals surface area contributed by atoms with E-state index >= 15 is 0 Å². The third-order valence-electron chi connectivity index (χ3n) is 1.66. The van der Waals surface area contributed by atoms with E-state index in [1.165, 1.54) is 12.3 Å². The molecule has 0 aliphatic carbocycles. The van der Waals surface area contributed by atoms with Crippen LogP contribution in [0.4, 0.5) is 4.39 Å². The highest BCUT2D eigenvalue weighted by molar-refractivity contribution is 7.99. The van der Waals surface area contributed by atoms with Crippen LogP contribution in [0.25, 0.3) is 0 Å². The average Bonchev–Trinajstić information content (AvgIpc) is 2.03. The van der Waals surface area contributed by atoms with Crippen molar-refractivity contribution < 1.29 is 4.39 Å². The first-order valence-corrected chi connectivity index (χ1v) is 5.41. The number of hydrogen-bond donors (Lipinski definition) is 0. The van der Waals surface area contributed by atoms with Crippen LogP contribution in [-0.4, -0.2) is 10.7 Å². The van der Waals surface area contributed by atoms with Crippen molar-refractivity contribution in [2.75, 3.05) is 5.75 Å². The summed E-state index contributed by atoms with van der Waals surface area (Å²) in [6, 6.07) is 3.32. The molecule has 0 saturated carbocycles. The zero-order valence-corrected chi connectivity index (χ0v) is 8.77. The molecule has 1 aromatic heterocycles. The van der Waals surface area contributed by atoms with Crippen molar-refractivity contribution >= 4 is 11.8 Å². The van der Waals surface area contributed by atoms with Crippen LogP contribution in [0.15, 0.2) is 23.2 Å². The molecule has 0 radical (unpaired) electrons. The molecule has 0 atom stereocenters. The Morgan fingerprint density at radius 2 is 2.31 bits per heavy atom. The van der Waals surface area contributed by atoms with Crippen molar-refractivity contribution in [3.05, 3.63) is 24.3 Å². The summed E-state index contributed by atoms with van der Waals surface area (Å²) in [6.07, 6.45) is 2.67. The van der Waals surface area contributed by atoms with Gasteiger partial charge in [0.05, 0.1) is 0 Å². The van der Waals surface area contributed by atoms with Gasteiger partial charge in [0, 0.05) is 17.2 Å². The Kier molecular flexibility index (Phi) is 4.22. The predicted octanol–water partition coefficient (Wildman–Crippen LogP) is 3.36. The van der Waals surface area contributed by atoms with E-state index in [-0.39, 0.29) is 0 Å². The zero-order valence-electron chi connectivity index (χ0n) is 7.96. The predicted molar refractivity (Wildman–Crippen MR) is 54.4 cm³/mol. The molecule has 1 rings (SSSR count). The summed E-state index contributed by atoms with van der Waals surface area (Å²) in [4.78, 5) is 4.47. The minimum absolute atomic E-state index is 0.394. The maximum absolute atomic E-state index is 12.6. The van der Waals surface area contributed by atoms with Crippen LogP contribution in [0.2, 0.25) is 0 Å². The molecule has 0 unspecified atom stereocenters. The summed E-state index contributed by atoms with van der Waals surface area (Å²) >= 11 is 1.68. The van der Waals surface area contributed by atoms with E-state index < -0.39 is 5.95 Å². The Balaban J connectivity index is 2.37. The van der Waals surface area contributed by atoms with E-state index in [1.807, 2.05) is 6.07 Å². The molecule has 13 heavy (non-hydrogen) atoms. The second-order valence-corrected chi connectivity index (χ2v) is 4.51. The first-order chi connectivity index (χ1) is 6.18. The highest BCUT2D eigenvalue weighted by Gasteiger charge is 1.98. The summed E-state index contributed by atoms with van der Waals surface area (Å²) in [7, 11) is 0. The van der Waals surface area contributed by atoms with E-state index in [2.05, 4.69) is 18.8 Å². The van der Waals surface area contributed by atoms with Crippen LogP contribution in [-0.2, 0) is 0 Å². The molecule has 0 spiro atoms. The quantitative estimate of drug-likeness (QED) is 0.544. The molecule has 3 heteroatoms. The zero-order chi connectivity index (χ0) is 9.68. The first-order valence-electron chi connectivity index (χ1n) is 4.43. The van der Waals surface area contributed by atoms with Crippen molar-refractivity contribution in [3.63, 3.8) is 0 Å². The largest absolute Gasteiger partial charge is 0.228 e. The molecule has 0 fully saturated rings. The van der Waals surface area contributed by atoms with E-state index in [4.69, 9.17) is 0 Å². The topological polar surface area (TPSA) is 12.9 Å². The summed E-state index contributed by atoms with van der Waals surface area (Å²) in [6.45, 7) is 4.38. The molecule has 0 aromatic carbocycles. The lowest BCUT2D eigenvalue weighted by Crippen LogP contribution is -1.89. The SMILES string of the molecule is CC(C)CCSc1ccnc(F)c1. The number of halogens is 1. The molecule has 72 valence electrons. The highest BCUT2D eigenvalue weighted by atomic mass is 32.2. The molecule has 0 aliphatic heterocycles. The number of rotatable bonds is 4. The number of pyridine rings is 1. The van der Waals surface area contributed by atoms with Crippen LogP contribution in [0.5, 0.6) is 0 Å². The van der Waals surface area contributed by atoms with Crippen molar-refractivity contribution in [3.8, 4) is 0 Å². The van der Waals surface area contributed by atoms with E-state index in [9.17, 15) is 4.39 Å². The van der Waals surface area contributed by atoms with Gasteiger partial charge in [0.2, 0.25) is 5.95 Å². The van der Waals surface area contributed by atoms with Gasteiger partial charge in [-0.05, 0) is 24.2 Å². The minimum atomic E-state index is -0.394. The maximum atomic E-state index is 12.6. The normalized spacial score (nSPS) is 10.8. The Morgan fingerprint density at radius 3 is 2.92 bits per heavy atom. The number of aromatic nitrogens is 1. The fourth-order valence-corrected chi connectivity index (χ4v) is 2.05. The van der Waals surface area contributed by atoms with Crippen molar-refractivity contribution in [2.45, 2.75) is 25.2 Å². The van der Waals surface area contributed by atoms with Gasteiger partial charge in [0.25, 0.3) is 0 Å². The maximum Gasteiger partial charge on any atom is 0.213 e. The average molecular weight is 199 g/mol. The first kappa shape index (κ1) is 10.5. The van der Waals surface area contributed by atoms with Crippen molar-refractivity contribution in [1.82, 2.24) is 4.98 Å². The van der Waals surface area contributed by atoms with Gasteiger partial charge >= 0.3 is 0 Å².